The average molecular weight is 323 g/mol. The van der Waals surface area contributed by atoms with Gasteiger partial charge in [-0.05, 0) is 58.5 Å². The SMILES string of the molecule is C[C@@H](CN1CCCCC1)NC(=O)N[C@@H]1CCOC2(CCCC2)C1. The van der Waals surface area contributed by atoms with Crippen molar-refractivity contribution in [3.05, 3.63) is 0 Å². The molecule has 2 N–H and O–H groups in total. The van der Waals surface area contributed by atoms with Crippen LogP contribution in [-0.2, 0) is 4.74 Å². The maximum absolute atomic E-state index is 12.3. The minimum atomic E-state index is -0.00504. The largest absolute Gasteiger partial charge is 0.375 e. The van der Waals surface area contributed by atoms with Gasteiger partial charge in [-0.2, -0.15) is 0 Å². The summed E-state index contributed by atoms with van der Waals surface area (Å²) in [5.74, 6) is 0. The second kappa shape index (κ2) is 7.84. The number of urea groups is 1. The summed E-state index contributed by atoms with van der Waals surface area (Å²) < 4.78 is 6.04. The summed E-state index contributed by atoms with van der Waals surface area (Å²) in [6, 6.07) is 0.465. The zero-order valence-corrected chi connectivity index (χ0v) is 14.6. The molecule has 3 rings (SSSR count). The first-order valence-electron chi connectivity index (χ1n) is 9.59. The number of hydrogen-bond acceptors (Lipinski definition) is 3. The van der Waals surface area contributed by atoms with E-state index >= 15 is 0 Å². The van der Waals surface area contributed by atoms with Crippen molar-refractivity contribution in [1.29, 1.82) is 0 Å². The molecule has 1 saturated carbocycles. The Labute approximate surface area is 140 Å². The topological polar surface area (TPSA) is 53.6 Å². The van der Waals surface area contributed by atoms with Crippen molar-refractivity contribution in [3.63, 3.8) is 0 Å². The molecule has 2 atom stereocenters. The Morgan fingerprint density at radius 2 is 1.96 bits per heavy atom. The second-order valence-electron chi connectivity index (χ2n) is 7.81. The molecular formula is C18H33N3O2. The molecule has 2 saturated heterocycles. The van der Waals surface area contributed by atoms with Crippen molar-refractivity contribution in [3.8, 4) is 0 Å². The highest BCUT2D eigenvalue weighted by Gasteiger charge is 2.40. The number of rotatable bonds is 4. The highest BCUT2D eigenvalue weighted by Crippen LogP contribution is 2.39. The fourth-order valence-corrected chi connectivity index (χ4v) is 4.54. The van der Waals surface area contributed by atoms with Gasteiger partial charge in [0.2, 0.25) is 0 Å². The van der Waals surface area contributed by atoms with Crippen LogP contribution >= 0.6 is 0 Å². The van der Waals surface area contributed by atoms with Gasteiger partial charge in [0.15, 0.2) is 0 Å². The first-order valence-corrected chi connectivity index (χ1v) is 9.59. The van der Waals surface area contributed by atoms with Gasteiger partial charge in [-0.3, -0.25) is 0 Å². The van der Waals surface area contributed by atoms with Gasteiger partial charge in [0.05, 0.1) is 5.60 Å². The second-order valence-corrected chi connectivity index (χ2v) is 7.81. The zero-order chi connectivity index (χ0) is 16.1. The fourth-order valence-electron chi connectivity index (χ4n) is 4.54. The van der Waals surface area contributed by atoms with Crippen LogP contribution in [-0.4, -0.2) is 54.9 Å². The summed E-state index contributed by atoms with van der Waals surface area (Å²) in [7, 11) is 0. The van der Waals surface area contributed by atoms with Gasteiger partial charge >= 0.3 is 6.03 Å². The van der Waals surface area contributed by atoms with Crippen molar-refractivity contribution in [1.82, 2.24) is 15.5 Å². The van der Waals surface area contributed by atoms with Crippen molar-refractivity contribution >= 4 is 6.03 Å². The molecule has 1 spiro atoms. The van der Waals surface area contributed by atoms with Crippen molar-refractivity contribution in [2.24, 2.45) is 0 Å². The number of nitrogens with one attached hydrogen (secondary N) is 2. The van der Waals surface area contributed by atoms with Crippen molar-refractivity contribution < 1.29 is 9.53 Å². The minimum Gasteiger partial charge on any atom is -0.375 e. The third-order valence-electron chi connectivity index (χ3n) is 5.70. The van der Waals surface area contributed by atoms with Crippen LogP contribution in [0.4, 0.5) is 4.79 Å². The lowest BCUT2D eigenvalue weighted by molar-refractivity contribution is -0.0820. The van der Waals surface area contributed by atoms with Crippen LogP contribution in [0.3, 0.4) is 0 Å². The summed E-state index contributed by atoms with van der Waals surface area (Å²) >= 11 is 0. The molecule has 2 heterocycles. The molecule has 1 aliphatic carbocycles. The van der Waals surface area contributed by atoms with Crippen LogP contribution < -0.4 is 10.6 Å². The van der Waals surface area contributed by atoms with Gasteiger partial charge in [0.25, 0.3) is 0 Å². The van der Waals surface area contributed by atoms with Gasteiger partial charge in [0, 0.05) is 25.2 Å². The smallest absolute Gasteiger partial charge is 0.315 e. The van der Waals surface area contributed by atoms with Crippen LogP contribution in [0.1, 0.15) is 64.7 Å². The van der Waals surface area contributed by atoms with Crippen LogP contribution in [0.2, 0.25) is 0 Å². The van der Waals surface area contributed by atoms with Crippen molar-refractivity contribution in [2.45, 2.75) is 82.4 Å². The number of carbonyl (C=O) groups excluding carboxylic acids is 1. The summed E-state index contributed by atoms with van der Waals surface area (Å²) in [6.45, 7) is 6.21. The molecule has 0 unspecified atom stereocenters. The van der Waals surface area contributed by atoms with Crippen LogP contribution in [0.5, 0.6) is 0 Å². The van der Waals surface area contributed by atoms with Crippen LogP contribution in [0.25, 0.3) is 0 Å². The Balaban J connectivity index is 1.39. The molecule has 0 aromatic heterocycles. The Morgan fingerprint density at radius 3 is 2.70 bits per heavy atom. The molecule has 0 aromatic rings. The molecule has 0 bridgehead atoms. The Hall–Kier alpha value is -0.810. The van der Waals surface area contributed by atoms with Gasteiger partial charge in [-0.25, -0.2) is 4.79 Å². The van der Waals surface area contributed by atoms with Gasteiger partial charge < -0.3 is 20.3 Å². The van der Waals surface area contributed by atoms with E-state index in [9.17, 15) is 4.79 Å². The van der Waals surface area contributed by atoms with E-state index < -0.39 is 0 Å². The van der Waals surface area contributed by atoms with E-state index in [-0.39, 0.29) is 23.7 Å². The number of carbonyl (C=O) groups is 1. The third kappa shape index (κ3) is 4.83. The predicted octanol–water partition coefficient (Wildman–Crippen LogP) is 2.65. The number of piperidine rings is 1. The summed E-state index contributed by atoms with van der Waals surface area (Å²) in [5, 5.41) is 6.31. The Morgan fingerprint density at radius 1 is 1.22 bits per heavy atom. The minimum absolute atomic E-state index is 0.00504. The number of nitrogens with zero attached hydrogens (tertiary/aromatic N) is 1. The number of hydrogen-bond donors (Lipinski definition) is 2. The summed E-state index contributed by atoms with van der Waals surface area (Å²) in [5.41, 5.74) is 0.0651. The third-order valence-corrected chi connectivity index (χ3v) is 5.70. The standard InChI is InChI=1S/C18H33N3O2/c1-15(14-21-10-5-2-6-11-21)19-17(22)20-16-7-12-23-18(13-16)8-3-4-9-18/h15-16H,2-14H2,1H3,(H2,19,20,22)/t15-,16+/m0/s1. The molecule has 3 aliphatic rings. The predicted molar refractivity (Wildman–Crippen MR) is 91.6 cm³/mol. The van der Waals surface area contributed by atoms with E-state index in [0.29, 0.717) is 0 Å². The Bertz CT molecular complexity index is 390. The lowest BCUT2D eigenvalue weighted by atomic mass is 9.89. The molecule has 3 fully saturated rings. The zero-order valence-electron chi connectivity index (χ0n) is 14.6. The molecule has 2 aliphatic heterocycles. The van der Waals surface area contributed by atoms with Gasteiger partial charge in [0.1, 0.15) is 0 Å². The molecule has 5 heteroatoms. The molecule has 0 aromatic carbocycles. The maximum atomic E-state index is 12.3. The molecule has 23 heavy (non-hydrogen) atoms. The average Bonchev–Trinajstić information content (AvgIpc) is 2.95. The van der Waals surface area contributed by atoms with Crippen LogP contribution in [0, 0.1) is 0 Å². The Kier molecular flexibility index (Phi) is 5.81. The van der Waals surface area contributed by atoms with Gasteiger partial charge in [-0.1, -0.05) is 19.3 Å². The number of amides is 2. The summed E-state index contributed by atoms with van der Waals surface area (Å²) in [4.78, 5) is 14.8. The highest BCUT2D eigenvalue weighted by atomic mass is 16.5. The lowest BCUT2D eigenvalue weighted by Crippen LogP contribution is -2.53. The first kappa shape index (κ1) is 17.0. The molecular weight excluding hydrogens is 290 g/mol. The van der Waals surface area contributed by atoms with Gasteiger partial charge in [-0.15, -0.1) is 0 Å². The molecule has 2 amide bonds. The quantitative estimate of drug-likeness (QED) is 0.836. The molecule has 5 nitrogen and oxygen atoms in total. The highest BCUT2D eigenvalue weighted by molar-refractivity contribution is 5.74. The van der Waals surface area contributed by atoms with E-state index in [1.54, 1.807) is 0 Å². The van der Waals surface area contributed by atoms with E-state index in [1.165, 1.54) is 45.2 Å². The van der Waals surface area contributed by atoms with Crippen LogP contribution in [0.15, 0.2) is 0 Å². The van der Waals surface area contributed by atoms with E-state index in [1.807, 2.05) is 0 Å². The lowest BCUT2D eigenvalue weighted by Gasteiger charge is -2.38. The molecule has 0 radical (unpaired) electrons. The van der Waals surface area contributed by atoms with Crippen molar-refractivity contribution in [2.75, 3.05) is 26.2 Å². The fraction of sp³-hybridized carbons (Fsp3) is 0.944. The van der Waals surface area contributed by atoms with E-state index in [0.717, 1.165) is 38.8 Å². The first-order chi connectivity index (χ1) is 11.2. The molecule has 132 valence electrons. The number of ether oxygens (including phenoxy) is 1. The maximum Gasteiger partial charge on any atom is 0.315 e. The normalized spacial score (nSPS) is 29.3. The summed E-state index contributed by atoms with van der Waals surface area (Å²) in [6.07, 6.45) is 10.7. The number of likely N-dealkylation sites (tertiary alicyclic amines) is 1. The van der Waals surface area contributed by atoms with E-state index in [4.69, 9.17) is 4.74 Å². The monoisotopic (exact) mass is 323 g/mol. The van der Waals surface area contributed by atoms with E-state index in [2.05, 4.69) is 22.5 Å².